The van der Waals surface area contributed by atoms with E-state index < -0.39 is 9.84 Å². The number of sulfone groups is 1. The van der Waals surface area contributed by atoms with Crippen LogP contribution in [0.3, 0.4) is 0 Å². The molecule has 0 aliphatic carbocycles. The van der Waals surface area contributed by atoms with Gasteiger partial charge >= 0.3 is 0 Å². The van der Waals surface area contributed by atoms with Crippen LogP contribution in [0.25, 0.3) is 0 Å². The summed E-state index contributed by atoms with van der Waals surface area (Å²) < 4.78 is 22.8. The van der Waals surface area contributed by atoms with E-state index in [0.29, 0.717) is 24.5 Å². The third-order valence-corrected chi connectivity index (χ3v) is 5.32. The van der Waals surface area contributed by atoms with Crippen molar-refractivity contribution in [3.8, 4) is 0 Å². The van der Waals surface area contributed by atoms with Crippen molar-refractivity contribution in [2.75, 3.05) is 44.0 Å². The van der Waals surface area contributed by atoms with Crippen LogP contribution in [0.1, 0.15) is 23.2 Å². The molecule has 8 nitrogen and oxygen atoms in total. The second kappa shape index (κ2) is 7.69. The molecule has 0 saturated carbocycles. The van der Waals surface area contributed by atoms with Crippen LogP contribution in [0.15, 0.2) is 12.4 Å². The normalized spacial score (nSPS) is 19.7. The second-order valence-corrected chi connectivity index (χ2v) is 8.18. The van der Waals surface area contributed by atoms with Crippen molar-refractivity contribution in [1.29, 1.82) is 0 Å². The Morgan fingerprint density at radius 1 is 1.35 bits per heavy atom. The quantitative estimate of drug-likeness (QED) is 0.659. The third-order valence-electron chi connectivity index (χ3n) is 3.55. The maximum Gasteiger partial charge on any atom is 0.254 e. The molecule has 2 N–H and O–H groups in total. The van der Waals surface area contributed by atoms with Crippen molar-refractivity contribution in [2.24, 2.45) is 0 Å². The Balaban J connectivity index is 1.81. The Morgan fingerprint density at radius 2 is 2.04 bits per heavy atom. The summed E-state index contributed by atoms with van der Waals surface area (Å²) in [6, 6.07) is -0.161. The number of carbonyl (C=O) groups is 1. The van der Waals surface area contributed by atoms with Gasteiger partial charge in [0.1, 0.15) is 0 Å². The molecule has 2 rings (SSSR count). The van der Waals surface area contributed by atoms with Gasteiger partial charge in [0.15, 0.2) is 9.84 Å². The largest absolute Gasteiger partial charge is 0.352 e. The van der Waals surface area contributed by atoms with Gasteiger partial charge < -0.3 is 15.5 Å². The molecule has 1 amide bonds. The highest BCUT2D eigenvalue weighted by molar-refractivity contribution is 7.91. The highest BCUT2D eigenvalue weighted by Gasteiger charge is 2.28. The zero-order valence-corrected chi connectivity index (χ0v) is 14.3. The number of carbonyl (C=O) groups excluding carboxylic acids is 1. The van der Waals surface area contributed by atoms with Gasteiger partial charge in [0, 0.05) is 25.0 Å². The van der Waals surface area contributed by atoms with Crippen LogP contribution in [-0.2, 0) is 9.84 Å². The first-order valence-electron chi connectivity index (χ1n) is 7.58. The SMILES string of the molecule is CN(C)CCCNC(=O)c1cnc(NC2CCS(=O)(=O)C2)nc1. The topological polar surface area (TPSA) is 104 Å². The number of hydrogen-bond acceptors (Lipinski definition) is 7. The van der Waals surface area contributed by atoms with Gasteiger partial charge in [-0.1, -0.05) is 0 Å². The summed E-state index contributed by atoms with van der Waals surface area (Å²) in [6.45, 7) is 1.50. The predicted octanol–water partition coefficient (Wildman–Crippen LogP) is -0.243. The van der Waals surface area contributed by atoms with E-state index >= 15 is 0 Å². The molecule has 0 aromatic carbocycles. The number of aromatic nitrogens is 2. The molecule has 23 heavy (non-hydrogen) atoms. The lowest BCUT2D eigenvalue weighted by Crippen LogP contribution is -2.27. The Hall–Kier alpha value is -1.74. The summed E-state index contributed by atoms with van der Waals surface area (Å²) in [4.78, 5) is 22.1. The summed E-state index contributed by atoms with van der Waals surface area (Å²) in [5, 5.41) is 5.80. The molecule has 1 unspecified atom stereocenters. The van der Waals surface area contributed by atoms with Crippen molar-refractivity contribution >= 4 is 21.7 Å². The fourth-order valence-corrected chi connectivity index (χ4v) is 3.98. The average molecular weight is 341 g/mol. The molecule has 128 valence electrons. The van der Waals surface area contributed by atoms with Gasteiger partial charge in [0.2, 0.25) is 5.95 Å². The maximum atomic E-state index is 11.9. The van der Waals surface area contributed by atoms with Gasteiger partial charge in [0.05, 0.1) is 17.1 Å². The summed E-state index contributed by atoms with van der Waals surface area (Å²) in [6.07, 6.45) is 4.31. The van der Waals surface area contributed by atoms with Gasteiger partial charge in [-0.25, -0.2) is 18.4 Å². The minimum atomic E-state index is -2.94. The lowest BCUT2D eigenvalue weighted by atomic mass is 10.3. The van der Waals surface area contributed by atoms with Crippen molar-refractivity contribution < 1.29 is 13.2 Å². The predicted molar refractivity (Wildman–Crippen MR) is 88.2 cm³/mol. The molecule has 0 bridgehead atoms. The first kappa shape index (κ1) is 17.6. The maximum absolute atomic E-state index is 11.9. The van der Waals surface area contributed by atoms with E-state index in [4.69, 9.17) is 0 Å². The Kier molecular flexibility index (Phi) is 5.89. The van der Waals surface area contributed by atoms with E-state index in [9.17, 15) is 13.2 Å². The van der Waals surface area contributed by atoms with Crippen LogP contribution in [-0.4, -0.2) is 73.9 Å². The van der Waals surface area contributed by atoms with Crippen LogP contribution >= 0.6 is 0 Å². The van der Waals surface area contributed by atoms with E-state index in [1.54, 1.807) is 0 Å². The van der Waals surface area contributed by atoms with Crippen LogP contribution in [0.5, 0.6) is 0 Å². The van der Waals surface area contributed by atoms with Crippen LogP contribution in [0.4, 0.5) is 5.95 Å². The Bertz CT molecular complexity index is 630. The van der Waals surface area contributed by atoms with Crippen molar-refractivity contribution in [1.82, 2.24) is 20.2 Å². The van der Waals surface area contributed by atoms with Crippen LogP contribution in [0, 0.1) is 0 Å². The lowest BCUT2D eigenvalue weighted by molar-refractivity contribution is 0.0951. The lowest BCUT2D eigenvalue weighted by Gasteiger charge is -2.11. The highest BCUT2D eigenvalue weighted by Crippen LogP contribution is 2.14. The van der Waals surface area contributed by atoms with Gasteiger partial charge in [-0.05, 0) is 33.5 Å². The van der Waals surface area contributed by atoms with Crippen molar-refractivity contribution in [3.63, 3.8) is 0 Å². The van der Waals surface area contributed by atoms with E-state index in [-0.39, 0.29) is 23.5 Å². The fraction of sp³-hybridized carbons (Fsp3) is 0.643. The van der Waals surface area contributed by atoms with E-state index in [0.717, 1.165) is 13.0 Å². The molecule has 1 aromatic rings. The van der Waals surface area contributed by atoms with Crippen LogP contribution < -0.4 is 10.6 Å². The van der Waals surface area contributed by atoms with Gasteiger partial charge in [-0.15, -0.1) is 0 Å². The number of nitrogens with zero attached hydrogens (tertiary/aromatic N) is 3. The van der Waals surface area contributed by atoms with Gasteiger partial charge in [0.25, 0.3) is 5.91 Å². The number of hydrogen-bond donors (Lipinski definition) is 2. The molecule has 1 atom stereocenters. The summed E-state index contributed by atoms with van der Waals surface area (Å²) in [5.41, 5.74) is 0.388. The molecular formula is C14H23N5O3S. The molecule has 9 heteroatoms. The molecule has 1 aliphatic rings. The smallest absolute Gasteiger partial charge is 0.254 e. The summed E-state index contributed by atoms with van der Waals surface area (Å²) >= 11 is 0. The first-order valence-corrected chi connectivity index (χ1v) is 9.40. The average Bonchev–Trinajstić information content (AvgIpc) is 2.83. The summed E-state index contributed by atoms with van der Waals surface area (Å²) in [7, 11) is 1.02. The van der Waals surface area contributed by atoms with Gasteiger partial charge in [-0.3, -0.25) is 4.79 Å². The molecule has 1 aromatic heterocycles. The number of anilines is 1. The number of nitrogens with one attached hydrogen (secondary N) is 2. The van der Waals surface area contributed by atoms with Crippen molar-refractivity contribution in [2.45, 2.75) is 18.9 Å². The minimum Gasteiger partial charge on any atom is -0.352 e. The molecule has 2 heterocycles. The Labute approximate surface area is 136 Å². The standard InChI is InChI=1S/C14H23N5O3S/c1-19(2)6-3-5-15-13(20)11-8-16-14(17-9-11)18-12-4-7-23(21,22)10-12/h8-9,12H,3-7,10H2,1-2H3,(H,15,20)(H,16,17,18). The van der Waals surface area contributed by atoms with Gasteiger partial charge in [-0.2, -0.15) is 0 Å². The van der Waals surface area contributed by atoms with E-state index in [1.165, 1.54) is 12.4 Å². The fourth-order valence-electron chi connectivity index (χ4n) is 2.31. The zero-order valence-electron chi connectivity index (χ0n) is 13.4. The second-order valence-electron chi connectivity index (χ2n) is 5.95. The van der Waals surface area contributed by atoms with Crippen molar-refractivity contribution in [3.05, 3.63) is 18.0 Å². The summed E-state index contributed by atoms with van der Waals surface area (Å²) in [5.74, 6) is 0.428. The Morgan fingerprint density at radius 3 is 2.61 bits per heavy atom. The van der Waals surface area contributed by atoms with E-state index in [1.807, 2.05) is 14.1 Å². The highest BCUT2D eigenvalue weighted by atomic mass is 32.2. The third kappa shape index (κ3) is 5.76. The minimum absolute atomic E-state index is 0.102. The molecule has 1 aliphatic heterocycles. The molecule has 0 radical (unpaired) electrons. The molecule has 1 saturated heterocycles. The molecule has 0 spiro atoms. The van der Waals surface area contributed by atoms with E-state index in [2.05, 4.69) is 25.5 Å². The molecular weight excluding hydrogens is 318 g/mol. The number of amides is 1. The van der Waals surface area contributed by atoms with Crippen LogP contribution in [0.2, 0.25) is 0 Å². The first-order chi connectivity index (χ1) is 10.9. The number of rotatable bonds is 7. The monoisotopic (exact) mass is 341 g/mol. The zero-order chi connectivity index (χ0) is 16.9. The molecule has 1 fully saturated rings.